The first-order valence-electron chi connectivity index (χ1n) is 6.68. The van der Waals surface area contributed by atoms with Crippen LogP contribution in [0, 0.1) is 11.2 Å². The SMILES string of the molecule is CC(C)(C)C(=O)N1CCN(c2ccc(F)cc2)CC1. The van der Waals surface area contributed by atoms with Crippen LogP contribution >= 0.6 is 0 Å². The second kappa shape index (κ2) is 5.19. The number of carbonyl (C=O) groups excluding carboxylic acids is 1. The summed E-state index contributed by atoms with van der Waals surface area (Å²) in [4.78, 5) is 16.3. The molecule has 0 aliphatic carbocycles. The highest BCUT2D eigenvalue weighted by atomic mass is 19.1. The lowest BCUT2D eigenvalue weighted by molar-refractivity contribution is -0.139. The predicted octanol–water partition coefficient (Wildman–Crippen LogP) is 2.52. The maximum Gasteiger partial charge on any atom is 0.228 e. The van der Waals surface area contributed by atoms with Crippen LogP contribution in [0.15, 0.2) is 24.3 Å². The van der Waals surface area contributed by atoms with Crippen molar-refractivity contribution in [2.45, 2.75) is 20.8 Å². The molecule has 0 N–H and O–H groups in total. The molecule has 0 radical (unpaired) electrons. The van der Waals surface area contributed by atoms with Crippen LogP contribution in [0.5, 0.6) is 0 Å². The molecule has 4 heteroatoms. The van der Waals surface area contributed by atoms with E-state index in [4.69, 9.17) is 0 Å². The quantitative estimate of drug-likeness (QED) is 0.778. The van der Waals surface area contributed by atoms with Crippen molar-refractivity contribution in [1.29, 1.82) is 0 Å². The van der Waals surface area contributed by atoms with Crippen LogP contribution in [0.25, 0.3) is 0 Å². The summed E-state index contributed by atoms with van der Waals surface area (Å²) in [6.45, 7) is 8.90. The maximum absolute atomic E-state index is 12.9. The zero-order chi connectivity index (χ0) is 14.0. The lowest BCUT2D eigenvalue weighted by Crippen LogP contribution is -2.51. The normalized spacial score (nSPS) is 16.6. The lowest BCUT2D eigenvalue weighted by atomic mass is 9.94. The summed E-state index contributed by atoms with van der Waals surface area (Å²) in [5.41, 5.74) is 0.696. The molecule has 0 atom stereocenters. The van der Waals surface area contributed by atoms with Gasteiger partial charge in [0.15, 0.2) is 0 Å². The first kappa shape index (κ1) is 13.8. The van der Waals surface area contributed by atoms with Gasteiger partial charge in [-0.1, -0.05) is 20.8 Å². The highest BCUT2D eigenvalue weighted by Crippen LogP contribution is 2.21. The molecular formula is C15H21FN2O. The van der Waals surface area contributed by atoms with Crippen molar-refractivity contribution in [3.63, 3.8) is 0 Å². The number of piperazine rings is 1. The molecule has 1 fully saturated rings. The Labute approximate surface area is 114 Å². The van der Waals surface area contributed by atoms with Gasteiger partial charge in [0, 0.05) is 37.3 Å². The molecule has 19 heavy (non-hydrogen) atoms. The fourth-order valence-electron chi connectivity index (χ4n) is 2.29. The van der Waals surface area contributed by atoms with Crippen LogP contribution in [-0.4, -0.2) is 37.0 Å². The van der Waals surface area contributed by atoms with Gasteiger partial charge in [-0.05, 0) is 24.3 Å². The van der Waals surface area contributed by atoms with Gasteiger partial charge in [-0.3, -0.25) is 4.79 Å². The van der Waals surface area contributed by atoms with Gasteiger partial charge < -0.3 is 9.80 Å². The minimum absolute atomic E-state index is 0.200. The van der Waals surface area contributed by atoms with E-state index in [0.29, 0.717) is 0 Å². The number of carbonyl (C=O) groups is 1. The molecule has 0 saturated carbocycles. The number of hydrogen-bond donors (Lipinski definition) is 0. The minimum Gasteiger partial charge on any atom is -0.368 e. The van der Waals surface area contributed by atoms with Crippen LogP contribution < -0.4 is 4.90 Å². The minimum atomic E-state index is -0.321. The Hall–Kier alpha value is -1.58. The number of benzene rings is 1. The van der Waals surface area contributed by atoms with Crippen molar-refractivity contribution >= 4 is 11.6 Å². The topological polar surface area (TPSA) is 23.6 Å². The Morgan fingerprint density at radius 2 is 1.58 bits per heavy atom. The standard InChI is InChI=1S/C15H21FN2O/c1-15(2,3)14(19)18-10-8-17(9-11-18)13-6-4-12(16)5-7-13/h4-7H,8-11H2,1-3H3. The summed E-state index contributed by atoms with van der Waals surface area (Å²) in [7, 11) is 0. The number of hydrogen-bond acceptors (Lipinski definition) is 2. The molecule has 1 amide bonds. The molecule has 1 aliphatic rings. The molecule has 1 aliphatic heterocycles. The fraction of sp³-hybridized carbons (Fsp3) is 0.533. The Kier molecular flexibility index (Phi) is 3.78. The largest absolute Gasteiger partial charge is 0.368 e. The monoisotopic (exact) mass is 264 g/mol. The first-order valence-corrected chi connectivity index (χ1v) is 6.68. The van der Waals surface area contributed by atoms with Gasteiger partial charge in [0.05, 0.1) is 0 Å². The Morgan fingerprint density at radius 3 is 2.05 bits per heavy atom. The third-order valence-electron chi connectivity index (χ3n) is 3.40. The molecule has 104 valence electrons. The zero-order valence-electron chi connectivity index (χ0n) is 11.8. The predicted molar refractivity (Wildman–Crippen MR) is 74.6 cm³/mol. The Morgan fingerprint density at radius 1 is 1.05 bits per heavy atom. The van der Waals surface area contributed by atoms with Crippen molar-refractivity contribution in [2.24, 2.45) is 5.41 Å². The maximum atomic E-state index is 12.9. The molecule has 1 saturated heterocycles. The van der Waals surface area contributed by atoms with Crippen LogP contribution in [0.1, 0.15) is 20.8 Å². The van der Waals surface area contributed by atoms with E-state index in [2.05, 4.69) is 4.90 Å². The number of amides is 1. The van der Waals surface area contributed by atoms with Gasteiger partial charge in [-0.15, -0.1) is 0 Å². The van der Waals surface area contributed by atoms with E-state index in [1.54, 1.807) is 12.1 Å². The molecule has 0 bridgehead atoms. The lowest BCUT2D eigenvalue weighted by Gasteiger charge is -2.38. The van der Waals surface area contributed by atoms with E-state index in [1.165, 1.54) is 12.1 Å². The third kappa shape index (κ3) is 3.25. The fourth-order valence-corrected chi connectivity index (χ4v) is 2.29. The summed E-state index contributed by atoms with van der Waals surface area (Å²) >= 11 is 0. The molecule has 0 spiro atoms. The molecule has 0 aromatic heterocycles. The van der Waals surface area contributed by atoms with Gasteiger partial charge in [0.1, 0.15) is 5.82 Å². The molecule has 1 heterocycles. The van der Waals surface area contributed by atoms with E-state index in [9.17, 15) is 9.18 Å². The van der Waals surface area contributed by atoms with Crippen LogP contribution in [-0.2, 0) is 4.79 Å². The average molecular weight is 264 g/mol. The number of anilines is 1. The molecule has 3 nitrogen and oxygen atoms in total. The zero-order valence-corrected chi connectivity index (χ0v) is 11.8. The van der Waals surface area contributed by atoms with E-state index >= 15 is 0 Å². The molecule has 0 unspecified atom stereocenters. The third-order valence-corrected chi connectivity index (χ3v) is 3.40. The number of rotatable bonds is 1. The van der Waals surface area contributed by atoms with E-state index in [1.807, 2.05) is 25.7 Å². The smallest absolute Gasteiger partial charge is 0.228 e. The van der Waals surface area contributed by atoms with Crippen molar-refractivity contribution in [3.05, 3.63) is 30.1 Å². The molecule has 2 rings (SSSR count). The summed E-state index contributed by atoms with van der Waals surface area (Å²) in [5, 5.41) is 0. The van der Waals surface area contributed by atoms with Crippen molar-refractivity contribution in [3.8, 4) is 0 Å². The van der Waals surface area contributed by atoms with Crippen molar-refractivity contribution < 1.29 is 9.18 Å². The van der Waals surface area contributed by atoms with Crippen LogP contribution in [0.4, 0.5) is 10.1 Å². The summed E-state index contributed by atoms with van der Waals surface area (Å²) in [6, 6.07) is 6.52. The van der Waals surface area contributed by atoms with E-state index in [0.717, 1.165) is 31.9 Å². The first-order chi connectivity index (χ1) is 8.88. The van der Waals surface area contributed by atoms with E-state index < -0.39 is 0 Å². The van der Waals surface area contributed by atoms with Gasteiger partial charge >= 0.3 is 0 Å². The van der Waals surface area contributed by atoms with Crippen LogP contribution in [0.3, 0.4) is 0 Å². The second-order valence-electron chi connectivity index (χ2n) is 6.01. The number of nitrogens with zero attached hydrogens (tertiary/aromatic N) is 2. The summed E-state index contributed by atoms with van der Waals surface area (Å²) in [5.74, 6) is -0.0171. The summed E-state index contributed by atoms with van der Waals surface area (Å²) < 4.78 is 12.9. The van der Waals surface area contributed by atoms with Gasteiger partial charge in [-0.25, -0.2) is 4.39 Å². The van der Waals surface area contributed by atoms with Crippen molar-refractivity contribution in [1.82, 2.24) is 4.90 Å². The van der Waals surface area contributed by atoms with Gasteiger partial charge in [0.2, 0.25) is 5.91 Å². The number of halogens is 1. The molecular weight excluding hydrogens is 243 g/mol. The Balaban J connectivity index is 1.96. The molecule has 1 aromatic carbocycles. The van der Waals surface area contributed by atoms with Crippen LogP contribution in [0.2, 0.25) is 0 Å². The molecule has 1 aromatic rings. The van der Waals surface area contributed by atoms with Gasteiger partial charge in [-0.2, -0.15) is 0 Å². The summed E-state index contributed by atoms with van der Waals surface area (Å²) in [6.07, 6.45) is 0. The van der Waals surface area contributed by atoms with Gasteiger partial charge in [0.25, 0.3) is 0 Å². The van der Waals surface area contributed by atoms with Crippen molar-refractivity contribution in [2.75, 3.05) is 31.1 Å². The highest BCUT2D eigenvalue weighted by Gasteiger charge is 2.29. The Bertz CT molecular complexity index is 442. The second-order valence-corrected chi connectivity index (χ2v) is 6.01. The van der Waals surface area contributed by atoms with E-state index in [-0.39, 0.29) is 17.1 Å². The highest BCUT2D eigenvalue weighted by molar-refractivity contribution is 5.81. The average Bonchev–Trinajstić information content (AvgIpc) is 2.38.